The van der Waals surface area contributed by atoms with Crippen molar-refractivity contribution in [3.05, 3.63) is 27.7 Å². The summed E-state index contributed by atoms with van der Waals surface area (Å²) >= 11 is 3.52. The van der Waals surface area contributed by atoms with Gasteiger partial charge in [0.05, 0.1) is 6.61 Å². The summed E-state index contributed by atoms with van der Waals surface area (Å²) < 4.78 is 6.72. The van der Waals surface area contributed by atoms with Gasteiger partial charge in [0.25, 0.3) is 0 Å². The Labute approximate surface area is 127 Å². The molecule has 0 radical (unpaired) electrons. The molecule has 0 unspecified atom stereocenters. The SMILES string of the molecule is O=C(NCc1cc(Br)cc2c1OCC2)N1CCCCC1. The van der Waals surface area contributed by atoms with Crippen molar-refractivity contribution >= 4 is 22.0 Å². The Morgan fingerprint density at radius 3 is 2.90 bits per heavy atom. The summed E-state index contributed by atoms with van der Waals surface area (Å²) in [5, 5.41) is 3.01. The minimum Gasteiger partial charge on any atom is -0.493 e. The number of hydrogen-bond donors (Lipinski definition) is 1. The minimum absolute atomic E-state index is 0.0384. The van der Waals surface area contributed by atoms with E-state index in [9.17, 15) is 4.79 Å². The maximum atomic E-state index is 12.1. The molecule has 0 aliphatic carbocycles. The molecular formula is C15H19BrN2O2. The van der Waals surface area contributed by atoms with Crippen molar-refractivity contribution in [2.24, 2.45) is 0 Å². The molecule has 0 bridgehead atoms. The van der Waals surface area contributed by atoms with Gasteiger partial charge in [-0.25, -0.2) is 4.79 Å². The van der Waals surface area contributed by atoms with Crippen LogP contribution in [0.25, 0.3) is 0 Å². The van der Waals surface area contributed by atoms with Crippen LogP contribution in [0.1, 0.15) is 30.4 Å². The first-order valence-electron chi connectivity index (χ1n) is 7.21. The van der Waals surface area contributed by atoms with Gasteiger partial charge in [-0.1, -0.05) is 15.9 Å². The number of carbonyl (C=O) groups is 1. The zero-order chi connectivity index (χ0) is 13.9. The molecule has 1 aromatic carbocycles. The fourth-order valence-corrected chi connectivity index (χ4v) is 3.41. The molecule has 2 heterocycles. The van der Waals surface area contributed by atoms with Gasteiger partial charge in [0.15, 0.2) is 0 Å². The Balaban J connectivity index is 1.65. The van der Waals surface area contributed by atoms with Gasteiger partial charge < -0.3 is 15.0 Å². The van der Waals surface area contributed by atoms with Gasteiger partial charge in [0, 0.05) is 36.1 Å². The van der Waals surface area contributed by atoms with Crippen LogP contribution in [-0.4, -0.2) is 30.6 Å². The Hall–Kier alpha value is -1.23. The van der Waals surface area contributed by atoms with Crippen molar-refractivity contribution in [2.45, 2.75) is 32.2 Å². The zero-order valence-electron chi connectivity index (χ0n) is 11.5. The second-order valence-electron chi connectivity index (χ2n) is 5.36. The number of amides is 2. The van der Waals surface area contributed by atoms with Crippen LogP contribution < -0.4 is 10.1 Å². The number of urea groups is 1. The summed E-state index contributed by atoms with van der Waals surface area (Å²) in [5.74, 6) is 0.951. The fraction of sp³-hybridized carbons (Fsp3) is 0.533. The Morgan fingerprint density at radius 2 is 2.10 bits per heavy atom. The number of benzene rings is 1. The number of fused-ring (bicyclic) bond motifs is 1. The predicted octanol–water partition coefficient (Wildman–Crippen LogP) is 3.08. The lowest BCUT2D eigenvalue weighted by Gasteiger charge is -2.27. The van der Waals surface area contributed by atoms with Gasteiger partial charge in [0.2, 0.25) is 0 Å². The molecule has 2 aliphatic rings. The van der Waals surface area contributed by atoms with Crippen molar-refractivity contribution in [3.63, 3.8) is 0 Å². The molecule has 2 aliphatic heterocycles. The van der Waals surface area contributed by atoms with Crippen molar-refractivity contribution in [3.8, 4) is 5.75 Å². The molecule has 4 nitrogen and oxygen atoms in total. The molecule has 1 N–H and O–H groups in total. The molecule has 108 valence electrons. The molecule has 5 heteroatoms. The van der Waals surface area contributed by atoms with Gasteiger partial charge in [-0.3, -0.25) is 0 Å². The summed E-state index contributed by atoms with van der Waals surface area (Å²) in [5.41, 5.74) is 2.28. The predicted molar refractivity (Wildman–Crippen MR) is 81.0 cm³/mol. The van der Waals surface area contributed by atoms with E-state index in [1.165, 1.54) is 12.0 Å². The van der Waals surface area contributed by atoms with Gasteiger partial charge in [0.1, 0.15) is 5.75 Å². The quantitative estimate of drug-likeness (QED) is 0.900. The monoisotopic (exact) mass is 338 g/mol. The average molecular weight is 339 g/mol. The highest BCUT2D eigenvalue weighted by atomic mass is 79.9. The van der Waals surface area contributed by atoms with Crippen LogP contribution in [-0.2, 0) is 13.0 Å². The molecule has 0 spiro atoms. The molecule has 3 rings (SSSR count). The highest BCUT2D eigenvalue weighted by molar-refractivity contribution is 9.10. The highest BCUT2D eigenvalue weighted by Gasteiger charge is 2.20. The Kier molecular flexibility index (Phi) is 4.15. The van der Waals surface area contributed by atoms with E-state index in [-0.39, 0.29) is 6.03 Å². The van der Waals surface area contributed by atoms with Gasteiger partial charge >= 0.3 is 6.03 Å². The van der Waals surface area contributed by atoms with E-state index in [4.69, 9.17) is 4.74 Å². The number of nitrogens with one attached hydrogen (secondary N) is 1. The lowest BCUT2D eigenvalue weighted by atomic mass is 10.1. The van der Waals surface area contributed by atoms with Crippen LogP contribution >= 0.6 is 15.9 Å². The molecule has 1 aromatic rings. The second-order valence-corrected chi connectivity index (χ2v) is 6.27. The van der Waals surface area contributed by atoms with Crippen LogP contribution in [0.3, 0.4) is 0 Å². The molecule has 2 amide bonds. The fourth-order valence-electron chi connectivity index (χ4n) is 2.86. The van der Waals surface area contributed by atoms with Crippen molar-refractivity contribution < 1.29 is 9.53 Å². The third-order valence-electron chi connectivity index (χ3n) is 3.90. The van der Waals surface area contributed by atoms with Crippen molar-refractivity contribution in [1.29, 1.82) is 0 Å². The van der Waals surface area contributed by atoms with Crippen molar-refractivity contribution in [1.82, 2.24) is 10.2 Å². The van der Waals surface area contributed by atoms with Crippen molar-refractivity contribution in [2.75, 3.05) is 19.7 Å². The van der Waals surface area contributed by atoms with E-state index in [1.807, 2.05) is 11.0 Å². The van der Waals surface area contributed by atoms with E-state index in [0.29, 0.717) is 6.54 Å². The van der Waals surface area contributed by atoms with Crippen LogP contribution in [0.4, 0.5) is 4.79 Å². The second kappa shape index (κ2) is 6.04. The first-order chi connectivity index (χ1) is 9.74. The van der Waals surface area contributed by atoms with Crippen LogP contribution in [0.2, 0.25) is 0 Å². The van der Waals surface area contributed by atoms with Gasteiger partial charge in [-0.15, -0.1) is 0 Å². The number of likely N-dealkylation sites (tertiary alicyclic amines) is 1. The van der Waals surface area contributed by atoms with E-state index in [1.54, 1.807) is 0 Å². The number of piperidine rings is 1. The topological polar surface area (TPSA) is 41.6 Å². The number of rotatable bonds is 2. The number of nitrogens with zero attached hydrogens (tertiary/aromatic N) is 1. The molecule has 1 fully saturated rings. The molecular weight excluding hydrogens is 320 g/mol. The largest absolute Gasteiger partial charge is 0.493 e. The molecule has 1 saturated heterocycles. The standard InChI is InChI=1S/C15H19BrN2O2/c16-13-8-11-4-7-20-14(11)12(9-13)10-17-15(19)18-5-2-1-3-6-18/h8-9H,1-7,10H2,(H,17,19). The maximum Gasteiger partial charge on any atom is 0.317 e. The number of halogens is 1. The lowest BCUT2D eigenvalue weighted by Crippen LogP contribution is -2.42. The number of hydrogen-bond acceptors (Lipinski definition) is 2. The third-order valence-corrected chi connectivity index (χ3v) is 4.36. The molecule has 0 saturated carbocycles. The normalized spacial score (nSPS) is 17.6. The van der Waals surface area contributed by atoms with Gasteiger partial charge in [-0.05, 0) is 37.0 Å². The van der Waals surface area contributed by atoms with Crippen LogP contribution in [0, 0.1) is 0 Å². The number of ether oxygens (including phenoxy) is 1. The van der Waals surface area contributed by atoms with E-state index < -0.39 is 0 Å². The Morgan fingerprint density at radius 1 is 1.30 bits per heavy atom. The average Bonchev–Trinajstić information content (AvgIpc) is 2.93. The van der Waals surface area contributed by atoms with E-state index >= 15 is 0 Å². The lowest BCUT2D eigenvalue weighted by molar-refractivity contribution is 0.186. The summed E-state index contributed by atoms with van der Waals surface area (Å²) in [4.78, 5) is 14.0. The summed E-state index contributed by atoms with van der Waals surface area (Å²) in [6.07, 6.45) is 4.41. The first-order valence-corrected chi connectivity index (χ1v) is 8.00. The van der Waals surface area contributed by atoms with Crippen LogP contribution in [0.15, 0.2) is 16.6 Å². The molecule has 20 heavy (non-hydrogen) atoms. The Bertz CT molecular complexity index is 513. The zero-order valence-corrected chi connectivity index (χ0v) is 13.0. The third kappa shape index (κ3) is 2.92. The molecule has 0 atom stereocenters. The number of carbonyl (C=O) groups excluding carboxylic acids is 1. The maximum absolute atomic E-state index is 12.1. The summed E-state index contributed by atoms with van der Waals surface area (Å²) in [6, 6.07) is 4.16. The van der Waals surface area contributed by atoms with Gasteiger partial charge in [-0.2, -0.15) is 0 Å². The van der Waals surface area contributed by atoms with E-state index in [0.717, 1.165) is 54.7 Å². The summed E-state index contributed by atoms with van der Waals surface area (Å²) in [7, 11) is 0. The first kappa shape index (κ1) is 13.7. The molecule has 0 aromatic heterocycles. The highest BCUT2D eigenvalue weighted by Crippen LogP contribution is 2.32. The smallest absolute Gasteiger partial charge is 0.317 e. The summed E-state index contributed by atoms with van der Waals surface area (Å²) in [6.45, 7) is 3.01. The van der Waals surface area contributed by atoms with E-state index in [2.05, 4.69) is 27.3 Å². The van der Waals surface area contributed by atoms with Crippen LogP contribution in [0.5, 0.6) is 5.75 Å². The minimum atomic E-state index is 0.0384.